The number of halogens is 4. The van der Waals surface area contributed by atoms with Gasteiger partial charge in [-0.3, -0.25) is 4.90 Å². The summed E-state index contributed by atoms with van der Waals surface area (Å²) >= 11 is 6.04. The predicted molar refractivity (Wildman–Crippen MR) is 111 cm³/mol. The molecule has 1 unspecified atom stereocenters. The van der Waals surface area contributed by atoms with E-state index in [1.165, 1.54) is 17.0 Å². The van der Waals surface area contributed by atoms with E-state index in [1.807, 2.05) is 0 Å². The summed E-state index contributed by atoms with van der Waals surface area (Å²) in [6, 6.07) is 8.26. The van der Waals surface area contributed by atoms with Crippen LogP contribution in [0.15, 0.2) is 54.5 Å². The molecular formula is C19H17ClF3N3O4S. The van der Waals surface area contributed by atoms with Crippen LogP contribution in [-0.4, -0.2) is 33.4 Å². The van der Waals surface area contributed by atoms with Gasteiger partial charge in [-0.05, 0) is 54.4 Å². The fraction of sp³-hybridized carbons (Fsp3) is 0.211. The first-order valence-corrected chi connectivity index (χ1v) is 10.8. The van der Waals surface area contributed by atoms with Gasteiger partial charge < -0.3 is 10.1 Å². The average molecular weight is 476 g/mol. The number of sulfonamides is 1. The van der Waals surface area contributed by atoms with E-state index in [-0.39, 0.29) is 12.2 Å². The number of ether oxygens (including phenoxy) is 1. The van der Waals surface area contributed by atoms with Crippen LogP contribution < -0.4 is 19.7 Å². The standard InChI is InChI=1S/C19H17ClF3N3O4S/c1-2-31(28,29)25-15-10-12-9-13(20)3-8-17(12)26(11-15)18(27)24-14-4-6-16(7-5-14)30-19(21,22)23/h2-9,15,25H,1,10-11H2,(H,24,27). The minimum Gasteiger partial charge on any atom is -0.406 e. The van der Waals surface area contributed by atoms with Crippen LogP contribution in [0.4, 0.5) is 29.3 Å². The SMILES string of the molecule is C=CS(=O)(=O)NC1Cc2cc(Cl)ccc2N(C(=O)Nc2ccc(OC(F)(F)F)cc2)C1. The van der Waals surface area contributed by atoms with Crippen molar-refractivity contribution in [2.75, 3.05) is 16.8 Å². The lowest BCUT2D eigenvalue weighted by molar-refractivity contribution is -0.274. The molecule has 7 nitrogen and oxygen atoms in total. The van der Waals surface area contributed by atoms with Crippen LogP contribution in [0.25, 0.3) is 0 Å². The Balaban J connectivity index is 1.81. The fourth-order valence-corrected chi connectivity index (χ4v) is 4.03. The Labute approximate surface area is 181 Å². The van der Waals surface area contributed by atoms with E-state index in [2.05, 4.69) is 21.4 Å². The number of urea groups is 1. The van der Waals surface area contributed by atoms with Crippen LogP contribution >= 0.6 is 11.6 Å². The van der Waals surface area contributed by atoms with Gasteiger partial charge in [0.15, 0.2) is 0 Å². The van der Waals surface area contributed by atoms with E-state index in [4.69, 9.17) is 11.6 Å². The number of nitrogens with one attached hydrogen (secondary N) is 2. The number of amides is 2. The number of nitrogens with zero attached hydrogens (tertiary/aromatic N) is 1. The lowest BCUT2D eigenvalue weighted by atomic mass is 9.99. The van der Waals surface area contributed by atoms with Gasteiger partial charge in [-0.15, -0.1) is 13.2 Å². The second-order valence-corrected chi connectivity index (χ2v) is 8.71. The minimum absolute atomic E-state index is 0.0167. The van der Waals surface area contributed by atoms with Crippen molar-refractivity contribution in [3.8, 4) is 5.75 Å². The topological polar surface area (TPSA) is 87.7 Å². The Morgan fingerprint density at radius 2 is 1.90 bits per heavy atom. The zero-order valence-corrected chi connectivity index (χ0v) is 17.4. The maximum absolute atomic E-state index is 12.9. The lowest BCUT2D eigenvalue weighted by Gasteiger charge is -2.34. The molecule has 0 aliphatic carbocycles. The number of benzene rings is 2. The summed E-state index contributed by atoms with van der Waals surface area (Å²) in [6.45, 7) is 3.27. The molecule has 0 aromatic heterocycles. The normalized spacial score (nSPS) is 16.4. The highest BCUT2D eigenvalue weighted by molar-refractivity contribution is 7.92. The third kappa shape index (κ3) is 6.12. The molecule has 31 heavy (non-hydrogen) atoms. The van der Waals surface area contributed by atoms with E-state index >= 15 is 0 Å². The summed E-state index contributed by atoms with van der Waals surface area (Å²) in [6.07, 6.45) is -4.52. The van der Waals surface area contributed by atoms with Gasteiger partial charge in [-0.1, -0.05) is 18.2 Å². The van der Waals surface area contributed by atoms with Gasteiger partial charge in [0.05, 0.1) is 0 Å². The van der Waals surface area contributed by atoms with Gasteiger partial charge in [-0.2, -0.15) is 0 Å². The molecule has 2 amide bonds. The van der Waals surface area contributed by atoms with Crippen molar-refractivity contribution < 1.29 is 31.1 Å². The summed E-state index contributed by atoms with van der Waals surface area (Å²) in [4.78, 5) is 14.2. The molecule has 0 fully saturated rings. The maximum Gasteiger partial charge on any atom is 0.573 e. The highest BCUT2D eigenvalue weighted by Crippen LogP contribution is 2.31. The van der Waals surface area contributed by atoms with Gasteiger partial charge in [-0.25, -0.2) is 17.9 Å². The zero-order valence-electron chi connectivity index (χ0n) is 15.8. The molecule has 3 rings (SSSR count). The summed E-state index contributed by atoms with van der Waals surface area (Å²) in [5, 5.41) is 3.77. The first-order valence-electron chi connectivity index (χ1n) is 8.83. The highest BCUT2D eigenvalue weighted by Gasteiger charge is 2.32. The Morgan fingerprint density at radius 1 is 1.23 bits per heavy atom. The molecule has 12 heteroatoms. The van der Waals surface area contributed by atoms with Crippen molar-refractivity contribution in [1.82, 2.24) is 4.72 Å². The molecule has 1 aliphatic rings. The van der Waals surface area contributed by atoms with E-state index in [1.54, 1.807) is 18.2 Å². The number of carbonyl (C=O) groups is 1. The summed E-state index contributed by atoms with van der Waals surface area (Å²) < 4.78 is 66.8. The lowest BCUT2D eigenvalue weighted by Crippen LogP contribution is -2.51. The molecule has 2 N–H and O–H groups in total. The molecule has 1 atom stereocenters. The Morgan fingerprint density at radius 3 is 2.52 bits per heavy atom. The van der Waals surface area contributed by atoms with Crippen molar-refractivity contribution in [2.45, 2.75) is 18.8 Å². The minimum atomic E-state index is -4.82. The number of rotatable bonds is 5. The first kappa shape index (κ1) is 22.9. The average Bonchev–Trinajstić information content (AvgIpc) is 2.67. The van der Waals surface area contributed by atoms with Gasteiger partial charge >= 0.3 is 12.4 Å². The molecule has 0 spiro atoms. The number of hydrogen-bond donors (Lipinski definition) is 2. The van der Waals surface area contributed by atoms with Crippen molar-refractivity contribution >= 4 is 39.0 Å². The van der Waals surface area contributed by atoms with Gasteiger partial charge in [0.25, 0.3) is 0 Å². The van der Waals surface area contributed by atoms with Crippen molar-refractivity contribution in [3.63, 3.8) is 0 Å². The first-order chi connectivity index (χ1) is 14.5. The molecular weight excluding hydrogens is 459 g/mol. The predicted octanol–water partition coefficient (Wildman–Crippen LogP) is 4.26. The van der Waals surface area contributed by atoms with Crippen molar-refractivity contribution in [2.24, 2.45) is 0 Å². The Bertz CT molecular complexity index is 1090. The molecule has 2 aromatic carbocycles. The summed E-state index contributed by atoms with van der Waals surface area (Å²) in [7, 11) is -3.74. The number of fused-ring (bicyclic) bond motifs is 1. The quantitative estimate of drug-likeness (QED) is 0.676. The van der Waals surface area contributed by atoms with E-state index in [0.29, 0.717) is 22.7 Å². The molecule has 2 aromatic rings. The molecule has 0 saturated carbocycles. The molecule has 1 aliphatic heterocycles. The fourth-order valence-electron chi connectivity index (χ4n) is 3.11. The number of alkyl halides is 3. The number of carbonyl (C=O) groups excluding carboxylic acids is 1. The largest absolute Gasteiger partial charge is 0.573 e. The second kappa shape index (κ2) is 8.77. The van der Waals surface area contributed by atoms with Crippen LogP contribution in [0.1, 0.15) is 5.56 Å². The Hall–Kier alpha value is -2.76. The monoisotopic (exact) mass is 475 g/mol. The van der Waals surface area contributed by atoms with Gasteiger partial charge in [0.2, 0.25) is 10.0 Å². The highest BCUT2D eigenvalue weighted by atomic mass is 35.5. The zero-order chi connectivity index (χ0) is 22.8. The van der Waals surface area contributed by atoms with Crippen LogP contribution in [0.5, 0.6) is 5.75 Å². The second-order valence-electron chi connectivity index (χ2n) is 6.62. The van der Waals surface area contributed by atoms with E-state index in [0.717, 1.165) is 17.5 Å². The third-order valence-corrected chi connectivity index (χ3v) is 5.67. The number of hydrogen-bond acceptors (Lipinski definition) is 4. The van der Waals surface area contributed by atoms with E-state index < -0.39 is 34.2 Å². The third-order valence-electron chi connectivity index (χ3n) is 4.34. The number of anilines is 2. The van der Waals surface area contributed by atoms with Crippen LogP contribution in [0.3, 0.4) is 0 Å². The van der Waals surface area contributed by atoms with Gasteiger partial charge in [0.1, 0.15) is 5.75 Å². The van der Waals surface area contributed by atoms with Crippen LogP contribution in [0, 0.1) is 0 Å². The van der Waals surface area contributed by atoms with Crippen LogP contribution in [-0.2, 0) is 16.4 Å². The van der Waals surface area contributed by atoms with Crippen molar-refractivity contribution in [1.29, 1.82) is 0 Å². The smallest absolute Gasteiger partial charge is 0.406 e. The molecule has 0 bridgehead atoms. The summed E-state index contributed by atoms with van der Waals surface area (Å²) in [5.74, 6) is -0.428. The Kier molecular flexibility index (Phi) is 6.48. The molecule has 1 heterocycles. The van der Waals surface area contributed by atoms with Crippen molar-refractivity contribution in [3.05, 3.63) is 65.0 Å². The molecule has 0 saturated heterocycles. The maximum atomic E-state index is 12.9. The molecule has 166 valence electrons. The van der Waals surface area contributed by atoms with E-state index in [9.17, 15) is 26.4 Å². The van der Waals surface area contributed by atoms with Crippen LogP contribution in [0.2, 0.25) is 5.02 Å². The van der Waals surface area contributed by atoms with Gasteiger partial charge in [0, 0.05) is 34.4 Å². The molecule has 0 radical (unpaired) electrons. The summed E-state index contributed by atoms with van der Waals surface area (Å²) in [5.41, 5.74) is 1.41.